The van der Waals surface area contributed by atoms with E-state index in [4.69, 9.17) is 32.7 Å². The van der Waals surface area contributed by atoms with Gasteiger partial charge in [-0.25, -0.2) is 0 Å². The van der Waals surface area contributed by atoms with Gasteiger partial charge in [-0.15, -0.1) is 0 Å². The molecule has 5 nitrogen and oxygen atoms in total. The Morgan fingerprint density at radius 1 is 1.43 bits per heavy atom. The van der Waals surface area contributed by atoms with Crippen LogP contribution in [0.4, 0.5) is 0 Å². The van der Waals surface area contributed by atoms with Gasteiger partial charge in [-0.3, -0.25) is 4.79 Å². The first kappa shape index (κ1) is 18.5. The summed E-state index contributed by atoms with van der Waals surface area (Å²) in [5.41, 5.74) is 1.05. The number of hydrogen-bond acceptors (Lipinski definition) is 4. The predicted molar refractivity (Wildman–Crippen MR) is 91.3 cm³/mol. The van der Waals surface area contributed by atoms with E-state index in [0.717, 1.165) is 18.7 Å². The Kier molecular flexibility index (Phi) is 7.11. The van der Waals surface area contributed by atoms with Crippen molar-refractivity contribution < 1.29 is 14.3 Å². The monoisotopic (exact) mass is 360 g/mol. The van der Waals surface area contributed by atoms with Crippen LogP contribution in [0.25, 0.3) is 0 Å². The third-order valence-electron chi connectivity index (χ3n) is 3.94. The first-order valence-electron chi connectivity index (χ1n) is 7.53. The summed E-state index contributed by atoms with van der Waals surface area (Å²) in [4.78, 5) is 13.6. The molecule has 0 radical (unpaired) electrons. The van der Waals surface area contributed by atoms with Crippen molar-refractivity contribution in [3.63, 3.8) is 0 Å². The number of nitrogens with zero attached hydrogens (tertiary/aromatic N) is 1. The molecule has 0 aromatic heterocycles. The number of likely N-dealkylation sites (N-methyl/N-ethyl adjacent to an activating group) is 1. The number of carbonyl (C=O) groups is 1. The van der Waals surface area contributed by atoms with Crippen molar-refractivity contribution in [2.24, 2.45) is 0 Å². The van der Waals surface area contributed by atoms with Crippen molar-refractivity contribution in [3.05, 3.63) is 33.8 Å². The SMILES string of the molecule is COCC(=O)N(C)CC1OCCNCC1c1ccc(Cl)c(Cl)c1. The summed E-state index contributed by atoms with van der Waals surface area (Å²) in [6, 6.07) is 5.62. The molecule has 1 heterocycles. The zero-order valence-corrected chi connectivity index (χ0v) is 14.9. The average molecular weight is 361 g/mol. The van der Waals surface area contributed by atoms with Crippen LogP contribution in [-0.2, 0) is 14.3 Å². The Labute approximate surface area is 146 Å². The summed E-state index contributed by atoms with van der Waals surface area (Å²) < 4.78 is 10.9. The second-order valence-electron chi connectivity index (χ2n) is 5.60. The standard InChI is InChI=1S/C16H22Cl2N2O3/c1-20(16(21)10-22-2)9-15-12(8-19-5-6-23-15)11-3-4-13(17)14(18)7-11/h3-4,7,12,15,19H,5-6,8-10H2,1-2H3. The number of nitrogens with one attached hydrogen (secondary N) is 1. The molecule has 23 heavy (non-hydrogen) atoms. The fourth-order valence-corrected chi connectivity index (χ4v) is 2.96. The van der Waals surface area contributed by atoms with Gasteiger partial charge in [-0.2, -0.15) is 0 Å². The van der Waals surface area contributed by atoms with Gasteiger partial charge in [-0.05, 0) is 17.7 Å². The predicted octanol–water partition coefficient (Wildman–Crippen LogP) is 2.17. The topological polar surface area (TPSA) is 50.8 Å². The summed E-state index contributed by atoms with van der Waals surface area (Å²) in [5.74, 6) is 0.0197. The molecular formula is C16H22Cl2N2O3. The van der Waals surface area contributed by atoms with Crippen molar-refractivity contribution in [2.75, 3.05) is 47.0 Å². The first-order chi connectivity index (χ1) is 11.0. The third kappa shape index (κ3) is 5.06. The van der Waals surface area contributed by atoms with Crippen LogP contribution in [0.15, 0.2) is 18.2 Å². The summed E-state index contributed by atoms with van der Waals surface area (Å²) in [6.45, 7) is 2.71. The summed E-state index contributed by atoms with van der Waals surface area (Å²) in [5, 5.41) is 4.41. The maximum Gasteiger partial charge on any atom is 0.248 e. The minimum atomic E-state index is -0.118. The van der Waals surface area contributed by atoms with Gasteiger partial charge in [-0.1, -0.05) is 29.3 Å². The molecule has 2 atom stereocenters. The molecule has 1 fully saturated rings. The number of amides is 1. The summed E-state index contributed by atoms with van der Waals surface area (Å²) in [7, 11) is 3.27. The number of benzene rings is 1. The van der Waals surface area contributed by atoms with Crippen molar-refractivity contribution in [3.8, 4) is 0 Å². The van der Waals surface area contributed by atoms with Crippen molar-refractivity contribution in [2.45, 2.75) is 12.0 Å². The normalized spacial score (nSPS) is 21.7. The number of hydrogen-bond donors (Lipinski definition) is 1. The van der Waals surface area contributed by atoms with Crippen molar-refractivity contribution in [1.82, 2.24) is 10.2 Å². The highest BCUT2D eigenvalue weighted by Crippen LogP contribution is 2.29. The fraction of sp³-hybridized carbons (Fsp3) is 0.562. The van der Waals surface area contributed by atoms with Gasteiger partial charge in [0, 0.05) is 39.7 Å². The number of methoxy groups -OCH3 is 1. The molecule has 0 saturated carbocycles. The first-order valence-corrected chi connectivity index (χ1v) is 8.28. The van der Waals surface area contributed by atoms with E-state index in [1.54, 1.807) is 18.0 Å². The van der Waals surface area contributed by atoms with Crippen LogP contribution in [0.1, 0.15) is 11.5 Å². The molecule has 0 spiro atoms. The zero-order chi connectivity index (χ0) is 16.8. The number of rotatable bonds is 5. The Balaban J connectivity index is 2.16. The molecule has 1 aromatic rings. The Morgan fingerprint density at radius 2 is 2.22 bits per heavy atom. The van der Waals surface area contributed by atoms with Gasteiger partial charge < -0.3 is 19.7 Å². The lowest BCUT2D eigenvalue weighted by atomic mass is 9.93. The molecule has 1 amide bonds. The van der Waals surface area contributed by atoms with Gasteiger partial charge >= 0.3 is 0 Å². The second kappa shape index (κ2) is 8.85. The molecule has 0 bridgehead atoms. The third-order valence-corrected chi connectivity index (χ3v) is 4.68. The van der Waals surface area contributed by atoms with Crippen molar-refractivity contribution >= 4 is 29.1 Å². The molecule has 1 N–H and O–H groups in total. The van der Waals surface area contributed by atoms with Gasteiger partial charge in [0.25, 0.3) is 0 Å². The molecule has 1 aliphatic heterocycles. The van der Waals surface area contributed by atoms with E-state index in [-0.39, 0.29) is 24.5 Å². The van der Waals surface area contributed by atoms with Crippen LogP contribution in [0.3, 0.4) is 0 Å². The minimum Gasteiger partial charge on any atom is -0.375 e. The molecule has 1 aliphatic rings. The highest BCUT2D eigenvalue weighted by molar-refractivity contribution is 6.42. The molecule has 2 rings (SSSR count). The quantitative estimate of drug-likeness (QED) is 0.874. The lowest BCUT2D eigenvalue weighted by Gasteiger charge is -2.29. The number of ether oxygens (including phenoxy) is 2. The van der Waals surface area contributed by atoms with E-state index < -0.39 is 0 Å². The van der Waals surface area contributed by atoms with Gasteiger partial charge in [0.15, 0.2) is 0 Å². The number of halogens is 2. The molecule has 1 saturated heterocycles. The molecule has 7 heteroatoms. The van der Waals surface area contributed by atoms with Crippen molar-refractivity contribution in [1.29, 1.82) is 0 Å². The lowest BCUT2D eigenvalue weighted by Crippen LogP contribution is -2.41. The van der Waals surface area contributed by atoms with E-state index in [9.17, 15) is 4.79 Å². The van der Waals surface area contributed by atoms with E-state index in [1.807, 2.05) is 12.1 Å². The van der Waals surface area contributed by atoms with Crippen LogP contribution in [0.5, 0.6) is 0 Å². The van der Waals surface area contributed by atoms with Crippen LogP contribution >= 0.6 is 23.2 Å². The van der Waals surface area contributed by atoms with E-state index >= 15 is 0 Å². The van der Waals surface area contributed by atoms with Crippen LogP contribution in [0.2, 0.25) is 10.0 Å². The maximum absolute atomic E-state index is 11.9. The van der Waals surface area contributed by atoms with E-state index in [2.05, 4.69) is 5.32 Å². The highest BCUT2D eigenvalue weighted by Gasteiger charge is 2.28. The largest absolute Gasteiger partial charge is 0.375 e. The molecule has 0 aliphatic carbocycles. The van der Waals surface area contributed by atoms with Crippen LogP contribution < -0.4 is 5.32 Å². The second-order valence-corrected chi connectivity index (χ2v) is 6.42. The van der Waals surface area contributed by atoms with E-state index in [0.29, 0.717) is 23.2 Å². The van der Waals surface area contributed by atoms with Gasteiger partial charge in [0.05, 0.1) is 22.8 Å². The Hall–Kier alpha value is -0.850. The average Bonchev–Trinajstić information content (AvgIpc) is 2.76. The smallest absolute Gasteiger partial charge is 0.248 e. The highest BCUT2D eigenvalue weighted by atomic mass is 35.5. The lowest BCUT2D eigenvalue weighted by molar-refractivity contribution is -0.135. The van der Waals surface area contributed by atoms with Gasteiger partial charge in [0.2, 0.25) is 5.91 Å². The Bertz CT molecular complexity index is 542. The Morgan fingerprint density at radius 3 is 2.91 bits per heavy atom. The molecule has 128 valence electrons. The van der Waals surface area contributed by atoms with E-state index in [1.165, 1.54) is 7.11 Å². The van der Waals surface area contributed by atoms with Crippen LogP contribution in [0, 0.1) is 0 Å². The summed E-state index contributed by atoms with van der Waals surface area (Å²) in [6.07, 6.45) is -0.118. The number of carbonyl (C=O) groups excluding carboxylic acids is 1. The molecule has 2 unspecified atom stereocenters. The van der Waals surface area contributed by atoms with Gasteiger partial charge in [0.1, 0.15) is 6.61 Å². The minimum absolute atomic E-state index is 0.0683. The van der Waals surface area contributed by atoms with Crippen LogP contribution in [-0.4, -0.2) is 63.9 Å². The zero-order valence-electron chi connectivity index (χ0n) is 13.4. The fourth-order valence-electron chi connectivity index (χ4n) is 2.65. The molecular weight excluding hydrogens is 339 g/mol. The molecule has 1 aromatic carbocycles. The summed E-state index contributed by atoms with van der Waals surface area (Å²) >= 11 is 12.1. The maximum atomic E-state index is 11.9.